The first-order chi connectivity index (χ1) is 7.68. The van der Waals surface area contributed by atoms with Crippen LogP contribution in [0.5, 0.6) is 0 Å². The van der Waals surface area contributed by atoms with Crippen LogP contribution in [0.25, 0.3) is 0 Å². The maximum Gasteiger partial charge on any atom is 0.238 e. The van der Waals surface area contributed by atoms with Gasteiger partial charge >= 0.3 is 0 Å². The number of hydrogen-bond donors (Lipinski definition) is 1. The van der Waals surface area contributed by atoms with Crippen molar-refractivity contribution in [3.63, 3.8) is 0 Å². The zero-order valence-corrected chi connectivity index (χ0v) is 10.3. The standard InChI is InChI=1S/C13H22N2O/c1-8(2)13-14-7-11(16)15(13)12(9-3-4-9)10-5-6-10/h8-10,12-14H,3-7H2,1-2H3. The van der Waals surface area contributed by atoms with Gasteiger partial charge in [-0.3, -0.25) is 10.1 Å². The minimum absolute atomic E-state index is 0.290. The molecule has 3 rings (SSSR count). The van der Waals surface area contributed by atoms with Crippen molar-refractivity contribution in [3.05, 3.63) is 0 Å². The number of amides is 1. The van der Waals surface area contributed by atoms with Crippen LogP contribution in [-0.4, -0.2) is 29.6 Å². The van der Waals surface area contributed by atoms with Gasteiger partial charge in [-0.15, -0.1) is 0 Å². The van der Waals surface area contributed by atoms with Gasteiger partial charge in [0, 0.05) is 6.04 Å². The van der Waals surface area contributed by atoms with Gasteiger partial charge in [0.2, 0.25) is 5.91 Å². The lowest BCUT2D eigenvalue weighted by Crippen LogP contribution is -2.49. The average Bonchev–Trinajstić information content (AvgIpc) is 3.10. The second kappa shape index (κ2) is 3.73. The van der Waals surface area contributed by atoms with Gasteiger partial charge in [0.1, 0.15) is 0 Å². The van der Waals surface area contributed by atoms with Crippen LogP contribution in [0.1, 0.15) is 39.5 Å². The summed E-state index contributed by atoms with van der Waals surface area (Å²) in [6.07, 6.45) is 5.66. The van der Waals surface area contributed by atoms with E-state index in [0.29, 0.717) is 30.6 Å². The van der Waals surface area contributed by atoms with Crippen LogP contribution in [0.4, 0.5) is 0 Å². The van der Waals surface area contributed by atoms with E-state index in [9.17, 15) is 4.79 Å². The van der Waals surface area contributed by atoms with Gasteiger partial charge in [0.15, 0.2) is 0 Å². The van der Waals surface area contributed by atoms with Crippen molar-refractivity contribution in [2.45, 2.75) is 51.7 Å². The molecule has 1 unspecified atom stereocenters. The van der Waals surface area contributed by atoms with Gasteiger partial charge in [-0.05, 0) is 43.4 Å². The zero-order chi connectivity index (χ0) is 11.3. The largest absolute Gasteiger partial charge is 0.322 e. The van der Waals surface area contributed by atoms with Crippen LogP contribution < -0.4 is 5.32 Å². The molecule has 2 aliphatic carbocycles. The first kappa shape index (κ1) is 10.6. The molecule has 0 bridgehead atoms. The van der Waals surface area contributed by atoms with Crippen LogP contribution in [-0.2, 0) is 4.79 Å². The van der Waals surface area contributed by atoms with Crippen molar-refractivity contribution in [1.29, 1.82) is 0 Å². The number of carbonyl (C=O) groups excluding carboxylic acids is 1. The smallest absolute Gasteiger partial charge is 0.238 e. The Morgan fingerprint density at radius 2 is 1.75 bits per heavy atom. The molecule has 3 nitrogen and oxygen atoms in total. The molecule has 3 heteroatoms. The van der Waals surface area contributed by atoms with Crippen molar-refractivity contribution in [3.8, 4) is 0 Å². The minimum Gasteiger partial charge on any atom is -0.322 e. The normalized spacial score (nSPS) is 30.9. The minimum atomic E-state index is 0.290. The van der Waals surface area contributed by atoms with E-state index < -0.39 is 0 Å². The molecule has 1 atom stereocenters. The van der Waals surface area contributed by atoms with Gasteiger partial charge in [-0.1, -0.05) is 13.8 Å². The summed E-state index contributed by atoms with van der Waals surface area (Å²) in [5, 5.41) is 3.38. The molecule has 1 N–H and O–H groups in total. The number of nitrogens with one attached hydrogen (secondary N) is 1. The average molecular weight is 222 g/mol. The van der Waals surface area contributed by atoms with Crippen LogP contribution >= 0.6 is 0 Å². The first-order valence-electron chi connectivity index (χ1n) is 6.73. The lowest BCUT2D eigenvalue weighted by Gasteiger charge is -2.35. The van der Waals surface area contributed by atoms with Gasteiger partial charge in [0.05, 0.1) is 12.7 Å². The Hall–Kier alpha value is -0.570. The van der Waals surface area contributed by atoms with Gasteiger partial charge < -0.3 is 4.90 Å². The molecule has 3 fully saturated rings. The molecule has 0 radical (unpaired) electrons. The fourth-order valence-corrected chi connectivity index (χ4v) is 3.16. The number of rotatable bonds is 4. The summed E-state index contributed by atoms with van der Waals surface area (Å²) in [5.74, 6) is 2.49. The second-order valence-corrected chi connectivity index (χ2v) is 6.04. The molecule has 1 aliphatic heterocycles. The summed E-state index contributed by atoms with van der Waals surface area (Å²) < 4.78 is 0. The summed E-state index contributed by atoms with van der Waals surface area (Å²) >= 11 is 0. The molecule has 0 aromatic carbocycles. The molecule has 1 amide bonds. The molecule has 1 saturated heterocycles. The highest BCUT2D eigenvalue weighted by atomic mass is 16.2. The van der Waals surface area contributed by atoms with Crippen LogP contribution in [0, 0.1) is 17.8 Å². The van der Waals surface area contributed by atoms with Crippen molar-refractivity contribution >= 4 is 5.91 Å². The maximum atomic E-state index is 12.1. The summed E-state index contributed by atoms with van der Waals surface area (Å²) in [6.45, 7) is 4.97. The summed E-state index contributed by atoms with van der Waals surface area (Å²) in [7, 11) is 0. The van der Waals surface area contributed by atoms with E-state index in [1.807, 2.05) is 0 Å². The zero-order valence-electron chi connectivity index (χ0n) is 10.3. The third-order valence-electron chi connectivity index (χ3n) is 4.21. The molecule has 3 aliphatic rings. The first-order valence-corrected chi connectivity index (χ1v) is 6.73. The number of hydrogen-bond acceptors (Lipinski definition) is 2. The predicted molar refractivity (Wildman–Crippen MR) is 62.7 cm³/mol. The van der Waals surface area contributed by atoms with Gasteiger partial charge in [-0.2, -0.15) is 0 Å². The Kier molecular flexibility index (Phi) is 2.46. The fourth-order valence-electron chi connectivity index (χ4n) is 3.16. The summed E-state index contributed by atoms with van der Waals surface area (Å²) in [5.41, 5.74) is 0. The lowest BCUT2D eigenvalue weighted by molar-refractivity contribution is -0.132. The van der Waals surface area contributed by atoms with E-state index in [1.54, 1.807) is 0 Å². The molecule has 0 aromatic heterocycles. The Bertz CT molecular complexity index is 282. The monoisotopic (exact) mass is 222 g/mol. The molecular formula is C13H22N2O. The SMILES string of the molecule is CC(C)C1NCC(=O)N1C(C1CC1)C1CC1. The van der Waals surface area contributed by atoms with Gasteiger partial charge in [0.25, 0.3) is 0 Å². The number of carbonyl (C=O) groups is 1. The highest BCUT2D eigenvalue weighted by Crippen LogP contribution is 2.48. The quantitative estimate of drug-likeness (QED) is 0.783. The second-order valence-electron chi connectivity index (χ2n) is 6.04. The summed E-state index contributed by atoms with van der Waals surface area (Å²) in [4.78, 5) is 14.3. The van der Waals surface area contributed by atoms with Crippen molar-refractivity contribution in [2.75, 3.05) is 6.54 Å². The fraction of sp³-hybridized carbons (Fsp3) is 0.923. The Balaban J connectivity index is 1.80. The molecule has 0 aromatic rings. The molecule has 2 saturated carbocycles. The third-order valence-corrected chi connectivity index (χ3v) is 4.21. The van der Waals surface area contributed by atoms with Crippen LogP contribution in [0.2, 0.25) is 0 Å². The van der Waals surface area contributed by atoms with E-state index in [2.05, 4.69) is 24.1 Å². The Morgan fingerprint density at radius 3 is 2.19 bits per heavy atom. The van der Waals surface area contributed by atoms with Crippen LogP contribution in [0.15, 0.2) is 0 Å². The van der Waals surface area contributed by atoms with Crippen LogP contribution in [0.3, 0.4) is 0 Å². The highest BCUT2D eigenvalue weighted by Gasteiger charge is 2.50. The van der Waals surface area contributed by atoms with Crippen molar-refractivity contribution in [2.24, 2.45) is 17.8 Å². The van der Waals surface area contributed by atoms with Crippen molar-refractivity contribution in [1.82, 2.24) is 10.2 Å². The molecular weight excluding hydrogens is 200 g/mol. The molecule has 90 valence electrons. The summed E-state index contributed by atoms with van der Waals surface area (Å²) in [6, 6.07) is 0.565. The van der Waals surface area contributed by atoms with E-state index in [0.717, 1.165) is 11.8 Å². The molecule has 16 heavy (non-hydrogen) atoms. The van der Waals surface area contributed by atoms with E-state index in [4.69, 9.17) is 0 Å². The number of nitrogens with zero attached hydrogens (tertiary/aromatic N) is 1. The predicted octanol–water partition coefficient (Wildman–Crippen LogP) is 1.59. The van der Waals surface area contributed by atoms with E-state index >= 15 is 0 Å². The van der Waals surface area contributed by atoms with Crippen molar-refractivity contribution < 1.29 is 4.79 Å². The Labute approximate surface area is 97.6 Å². The molecule has 1 heterocycles. The highest BCUT2D eigenvalue weighted by molar-refractivity contribution is 5.81. The van der Waals surface area contributed by atoms with E-state index in [-0.39, 0.29) is 0 Å². The maximum absolute atomic E-state index is 12.1. The Morgan fingerprint density at radius 1 is 1.19 bits per heavy atom. The van der Waals surface area contributed by atoms with E-state index in [1.165, 1.54) is 25.7 Å². The third kappa shape index (κ3) is 1.75. The lowest BCUT2D eigenvalue weighted by atomic mass is 10.0. The molecule has 0 spiro atoms. The topological polar surface area (TPSA) is 32.3 Å². The van der Waals surface area contributed by atoms with Gasteiger partial charge in [-0.25, -0.2) is 0 Å².